The van der Waals surface area contributed by atoms with Crippen LogP contribution in [0, 0.1) is 17.2 Å². The average molecular weight is 235 g/mol. The number of rotatable bonds is 2. The van der Waals surface area contributed by atoms with Crippen LogP contribution in [0.4, 0.5) is 10.1 Å². The molecule has 0 aromatic heterocycles. The lowest BCUT2D eigenvalue weighted by Crippen LogP contribution is -2.63. The molecule has 3 unspecified atom stereocenters. The van der Waals surface area contributed by atoms with Gasteiger partial charge in [-0.25, -0.2) is 4.39 Å². The van der Waals surface area contributed by atoms with Crippen LogP contribution < -0.4 is 5.32 Å². The molecule has 0 radical (unpaired) electrons. The quantitative estimate of drug-likeness (QED) is 0.850. The van der Waals surface area contributed by atoms with Crippen molar-refractivity contribution in [2.75, 3.05) is 11.9 Å². The summed E-state index contributed by atoms with van der Waals surface area (Å²) in [6.45, 7) is 5.23. The van der Waals surface area contributed by atoms with Crippen molar-refractivity contribution in [3.05, 3.63) is 30.1 Å². The third-order valence-corrected chi connectivity index (χ3v) is 4.29. The van der Waals surface area contributed by atoms with Crippen LogP contribution in [0.1, 0.15) is 20.3 Å². The lowest BCUT2D eigenvalue weighted by atomic mass is 9.57. The molecule has 0 spiro atoms. The van der Waals surface area contributed by atoms with E-state index in [-0.39, 0.29) is 11.2 Å². The van der Waals surface area contributed by atoms with Crippen molar-refractivity contribution < 1.29 is 9.13 Å². The number of ether oxygens (including phenoxy) is 1. The molecule has 1 heterocycles. The molecule has 3 atom stereocenters. The standard InChI is InChI=1S/C14H18FNO/c1-14(2)12(9-7-8-17-13(9)14)16-11-6-4-3-5-10(11)15/h3-6,9,12-13,16H,7-8H2,1-2H3. The molecule has 92 valence electrons. The molecule has 3 rings (SSSR count). The van der Waals surface area contributed by atoms with Crippen molar-refractivity contribution in [2.24, 2.45) is 11.3 Å². The highest BCUT2D eigenvalue weighted by Crippen LogP contribution is 2.53. The molecule has 1 aliphatic heterocycles. The number of hydrogen-bond donors (Lipinski definition) is 1. The Bertz CT molecular complexity index is 432. The zero-order valence-corrected chi connectivity index (χ0v) is 10.2. The number of anilines is 1. The Hall–Kier alpha value is -1.09. The van der Waals surface area contributed by atoms with Gasteiger partial charge in [-0.05, 0) is 18.6 Å². The highest BCUT2D eigenvalue weighted by Gasteiger charge is 2.59. The number of fused-ring (bicyclic) bond motifs is 1. The maximum absolute atomic E-state index is 13.6. The van der Waals surface area contributed by atoms with Crippen molar-refractivity contribution in [3.63, 3.8) is 0 Å². The van der Waals surface area contributed by atoms with Crippen molar-refractivity contribution in [3.8, 4) is 0 Å². The van der Waals surface area contributed by atoms with Crippen LogP contribution in [-0.2, 0) is 4.74 Å². The summed E-state index contributed by atoms with van der Waals surface area (Å²) < 4.78 is 19.3. The van der Waals surface area contributed by atoms with Crippen LogP contribution in [0.15, 0.2) is 24.3 Å². The molecular formula is C14H18FNO. The van der Waals surface area contributed by atoms with Crippen LogP contribution >= 0.6 is 0 Å². The zero-order valence-electron chi connectivity index (χ0n) is 10.2. The van der Waals surface area contributed by atoms with E-state index < -0.39 is 0 Å². The van der Waals surface area contributed by atoms with Gasteiger partial charge in [0.2, 0.25) is 0 Å². The van der Waals surface area contributed by atoms with Gasteiger partial charge in [0.15, 0.2) is 0 Å². The van der Waals surface area contributed by atoms with E-state index in [1.54, 1.807) is 12.1 Å². The lowest BCUT2D eigenvalue weighted by Gasteiger charge is -2.55. The number of halogens is 1. The summed E-state index contributed by atoms with van der Waals surface area (Å²) in [5.41, 5.74) is 0.694. The molecule has 0 bridgehead atoms. The number of benzene rings is 1. The molecule has 2 nitrogen and oxygen atoms in total. The van der Waals surface area contributed by atoms with Gasteiger partial charge in [-0.3, -0.25) is 0 Å². The van der Waals surface area contributed by atoms with Gasteiger partial charge in [-0.15, -0.1) is 0 Å². The molecule has 1 N–H and O–H groups in total. The monoisotopic (exact) mass is 235 g/mol. The topological polar surface area (TPSA) is 21.3 Å². The lowest BCUT2D eigenvalue weighted by molar-refractivity contribution is -0.0923. The molecule has 2 aliphatic rings. The second-order valence-electron chi connectivity index (χ2n) is 5.67. The van der Waals surface area contributed by atoms with E-state index in [0.29, 0.717) is 23.8 Å². The van der Waals surface area contributed by atoms with E-state index >= 15 is 0 Å². The Kier molecular flexibility index (Phi) is 2.40. The third-order valence-electron chi connectivity index (χ3n) is 4.29. The summed E-state index contributed by atoms with van der Waals surface area (Å²) in [6, 6.07) is 7.19. The molecule has 17 heavy (non-hydrogen) atoms. The highest BCUT2D eigenvalue weighted by atomic mass is 19.1. The van der Waals surface area contributed by atoms with Crippen LogP contribution in [0.5, 0.6) is 0 Å². The fourth-order valence-electron chi connectivity index (χ4n) is 3.36. The Morgan fingerprint density at radius 2 is 2.12 bits per heavy atom. The Morgan fingerprint density at radius 1 is 1.35 bits per heavy atom. The average Bonchev–Trinajstić information content (AvgIpc) is 2.74. The van der Waals surface area contributed by atoms with Gasteiger partial charge < -0.3 is 10.1 Å². The van der Waals surface area contributed by atoms with Gasteiger partial charge in [-0.1, -0.05) is 26.0 Å². The van der Waals surface area contributed by atoms with Gasteiger partial charge in [0.1, 0.15) is 5.82 Å². The maximum Gasteiger partial charge on any atom is 0.146 e. The Labute approximate surface area is 101 Å². The van der Waals surface area contributed by atoms with Crippen molar-refractivity contribution in [2.45, 2.75) is 32.4 Å². The van der Waals surface area contributed by atoms with Gasteiger partial charge in [-0.2, -0.15) is 0 Å². The maximum atomic E-state index is 13.6. The summed E-state index contributed by atoms with van der Waals surface area (Å²) in [5, 5.41) is 3.35. The number of nitrogens with one attached hydrogen (secondary N) is 1. The molecule has 1 aromatic carbocycles. The predicted octanol–water partition coefficient (Wildman–Crippen LogP) is 3.05. The van der Waals surface area contributed by atoms with E-state index in [1.807, 2.05) is 6.07 Å². The van der Waals surface area contributed by atoms with Crippen LogP contribution in [0.2, 0.25) is 0 Å². The molecular weight excluding hydrogens is 217 g/mol. The third kappa shape index (κ3) is 1.56. The molecule has 2 fully saturated rings. The van der Waals surface area contributed by atoms with Crippen LogP contribution in [-0.4, -0.2) is 18.8 Å². The summed E-state index contributed by atoms with van der Waals surface area (Å²) in [5.74, 6) is 0.357. The largest absolute Gasteiger partial charge is 0.379 e. The molecule has 0 amide bonds. The van der Waals surface area contributed by atoms with Gasteiger partial charge in [0, 0.05) is 24.0 Å². The predicted molar refractivity (Wildman–Crippen MR) is 65.4 cm³/mol. The van der Waals surface area contributed by atoms with E-state index in [9.17, 15) is 4.39 Å². The van der Waals surface area contributed by atoms with E-state index in [0.717, 1.165) is 13.0 Å². The van der Waals surface area contributed by atoms with Crippen molar-refractivity contribution in [1.82, 2.24) is 0 Å². The minimum absolute atomic E-state index is 0.0868. The molecule has 1 aliphatic carbocycles. The molecule has 3 heteroatoms. The van der Waals surface area contributed by atoms with E-state index in [1.165, 1.54) is 6.07 Å². The second kappa shape index (κ2) is 3.70. The zero-order chi connectivity index (χ0) is 12.0. The van der Waals surface area contributed by atoms with E-state index in [4.69, 9.17) is 4.74 Å². The smallest absolute Gasteiger partial charge is 0.146 e. The van der Waals surface area contributed by atoms with Crippen molar-refractivity contribution in [1.29, 1.82) is 0 Å². The first kappa shape index (κ1) is 11.0. The first-order valence-electron chi connectivity index (χ1n) is 6.23. The summed E-state index contributed by atoms with van der Waals surface area (Å²) >= 11 is 0. The fourth-order valence-corrected chi connectivity index (χ4v) is 3.36. The van der Waals surface area contributed by atoms with Crippen LogP contribution in [0.3, 0.4) is 0 Å². The molecule has 1 aromatic rings. The minimum Gasteiger partial charge on any atom is -0.379 e. The highest BCUT2D eigenvalue weighted by molar-refractivity contribution is 5.47. The van der Waals surface area contributed by atoms with Crippen LogP contribution in [0.25, 0.3) is 0 Å². The summed E-state index contributed by atoms with van der Waals surface area (Å²) in [4.78, 5) is 0. The number of para-hydroxylation sites is 1. The van der Waals surface area contributed by atoms with Gasteiger partial charge in [0.05, 0.1) is 11.8 Å². The SMILES string of the molecule is CC1(C)C(Nc2ccccc2F)C2CCOC21. The van der Waals surface area contributed by atoms with Gasteiger partial charge >= 0.3 is 0 Å². The molecule has 1 saturated carbocycles. The Morgan fingerprint density at radius 3 is 2.88 bits per heavy atom. The van der Waals surface area contributed by atoms with Crippen molar-refractivity contribution >= 4 is 5.69 Å². The Balaban J connectivity index is 1.80. The fraction of sp³-hybridized carbons (Fsp3) is 0.571. The first-order chi connectivity index (χ1) is 8.10. The molecule has 1 saturated heterocycles. The summed E-state index contributed by atoms with van der Waals surface area (Å²) in [6.07, 6.45) is 1.42. The second-order valence-corrected chi connectivity index (χ2v) is 5.67. The van der Waals surface area contributed by atoms with Gasteiger partial charge in [0.25, 0.3) is 0 Å². The minimum atomic E-state index is -0.175. The normalized spacial score (nSPS) is 33.9. The first-order valence-corrected chi connectivity index (χ1v) is 6.23. The summed E-state index contributed by atoms with van der Waals surface area (Å²) in [7, 11) is 0. The number of hydrogen-bond acceptors (Lipinski definition) is 2. The van der Waals surface area contributed by atoms with E-state index in [2.05, 4.69) is 19.2 Å².